The largest absolute Gasteiger partial charge is 0.461 e. The lowest BCUT2D eigenvalue weighted by molar-refractivity contribution is -0.150. The van der Waals surface area contributed by atoms with Crippen molar-refractivity contribution in [2.24, 2.45) is 0 Å². The summed E-state index contributed by atoms with van der Waals surface area (Å²) in [4.78, 5) is 36.5. The second-order valence-electron chi connectivity index (χ2n) is 5.31. The molecule has 128 valence electrons. The number of ether oxygens (including phenoxy) is 2. The molecule has 0 aromatic heterocycles. The third-order valence-corrected chi connectivity index (χ3v) is 3.14. The minimum atomic E-state index is -0.893. The van der Waals surface area contributed by atoms with E-state index in [0.29, 0.717) is 5.56 Å². The van der Waals surface area contributed by atoms with Gasteiger partial charge in [-0.2, -0.15) is 0 Å². The highest BCUT2D eigenvalue weighted by atomic mass is 16.6. The van der Waals surface area contributed by atoms with Crippen LogP contribution in [0.4, 0.5) is 0 Å². The lowest BCUT2D eigenvalue weighted by Gasteiger charge is -2.22. The summed E-state index contributed by atoms with van der Waals surface area (Å²) >= 11 is 0. The first-order chi connectivity index (χ1) is 11.4. The van der Waals surface area contributed by atoms with Gasteiger partial charge in [0.2, 0.25) is 0 Å². The van der Waals surface area contributed by atoms with E-state index in [1.54, 1.807) is 44.3 Å². The molecule has 0 N–H and O–H groups in total. The van der Waals surface area contributed by atoms with Crippen molar-refractivity contribution in [2.45, 2.75) is 12.8 Å². The minimum absolute atomic E-state index is 0.0823. The molecule has 0 saturated carbocycles. The van der Waals surface area contributed by atoms with E-state index in [4.69, 9.17) is 9.47 Å². The summed E-state index contributed by atoms with van der Waals surface area (Å²) in [6.45, 7) is 4.79. The maximum atomic E-state index is 12.4. The molecule has 1 rings (SSSR count). The quantitative estimate of drug-likeness (QED) is 0.312. The van der Waals surface area contributed by atoms with Gasteiger partial charge < -0.3 is 14.4 Å². The zero-order valence-corrected chi connectivity index (χ0v) is 14.1. The molecule has 0 radical (unpaired) electrons. The van der Waals surface area contributed by atoms with Gasteiger partial charge in [0.15, 0.2) is 0 Å². The predicted molar refractivity (Wildman–Crippen MR) is 88.8 cm³/mol. The number of nitrogens with zero attached hydrogens (tertiary/aromatic N) is 1. The van der Waals surface area contributed by atoms with Crippen molar-refractivity contribution in [2.75, 3.05) is 27.3 Å². The zero-order valence-electron chi connectivity index (χ0n) is 14.1. The average molecular weight is 331 g/mol. The van der Waals surface area contributed by atoms with Gasteiger partial charge in [0.05, 0.1) is 0 Å². The van der Waals surface area contributed by atoms with Crippen LogP contribution in [-0.2, 0) is 23.9 Å². The lowest BCUT2D eigenvalue weighted by atomic mass is 9.95. The van der Waals surface area contributed by atoms with Gasteiger partial charge in [-0.15, -0.1) is 0 Å². The molecular weight excluding hydrogens is 310 g/mol. The number of hydrogen-bond acceptors (Lipinski definition) is 6. The Bertz CT molecular complexity index is 645. The summed E-state index contributed by atoms with van der Waals surface area (Å²) in [5.41, 5.74) is 1.04. The molecule has 0 heterocycles. The molecule has 0 fully saturated rings. The third kappa shape index (κ3) is 5.41. The third-order valence-electron chi connectivity index (χ3n) is 3.14. The lowest BCUT2D eigenvalue weighted by Crippen LogP contribution is -2.27. The van der Waals surface area contributed by atoms with Gasteiger partial charge in [-0.1, -0.05) is 36.9 Å². The number of rotatable bonds is 8. The molecule has 1 atom stereocenters. The maximum absolute atomic E-state index is 12.4. The van der Waals surface area contributed by atoms with Crippen LogP contribution in [0.5, 0.6) is 0 Å². The van der Waals surface area contributed by atoms with Crippen molar-refractivity contribution >= 4 is 17.9 Å². The van der Waals surface area contributed by atoms with E-state index >= 15 is 0 Å². The molecular formula is C18H21NO5. The smallest absolute Gasteiger partial charge is 0.333 e. The molecule has 1 aromatic rings. The first kappa shape index (κ1) is 19.2. The SMILES string of the molecule is C=C(C)C(=O)OCCOC(=O)C(C(=C=O)N(C)C)c1ccccc1. The summed E-state index contributed by atoms with van der Waals surface area (Å²) in [6.07, 6.45) is 0. The fraction of sp³-hybridized carbons (Fsp3) is 0.333. The molecule has 0 amide bonds. The van der Waals surface area contributed by atoms with Gasteiger partial charge >= 0.3 is 11.9 Å². The van der Waals surface area contributed by atoms with Crippen LogP contribution in [-0.4, -0.2) is 50.1 Å². The van der Waals surface area contributed by atoms with E-state index in [2.05, 4.69) is 6.58 Å². The Hall–Kier alpha value is -2.85. The first-order valence-corrected chi connectivity index (χ1v) is 7.35. The van der Waals surface area contributed by atoms with E-state index in [9.17, 15) is 14.4 Å². The second-order valence-corrected chi connectivity index (χ2v) is 5.31. The van der Waals surface area contributed by atoms with Crippen LogP contribution < -0.4 is 0 Å². The van der Waals surface area contributed by atoms with E-state index < -0.39 is 17.9 Å². The Labute approximate surface area is 141 Å². The zero-order chi connectivity index (χ0) is 18.1. The fourth-order valence-electron chi connectivity index (χ4n) is 1.94. The number of benzene rings is 1. The Morgan fingerprint density at radius 3 is 2.25 bits per heavy atom. The van der Waals surface area contributed by atoms with E-state index in [0.717, 1.165) is 0 Å². The Kier molecular flexibility index (Phi) is 7.46. The van der Waals surface area contributed by atoms with Crippen LogP contribution in [0.25, 0.3) is 0 Å². The Morgan fingerprint density at radius 2 is 1.75 bits per heavy atom. The predicted octanol–water partition coefficient (Wildman–Crippen LogP) is 1.71. The van der Waals surface area contributed by atoms with Gasteiger partial charge in [-0.3, -0.25) is 4.79 Å². The number of likely N-dealkylation sites (N-methyl/N-ethyl adjacent to an activating group) is 1. The average Bonchev–Trinajstić information content (AvgIpc) is 2.56. The van der Waals surface area contributed by atoms with Crippen molar-refractivity contribution < 1.29 is 23.9 Å². The molecule has 1 unspecified atom stereocenters. The van der Waals surface area contributed by atoms with Crippen LogP contribution in [0.3, 0.4) is 0 Å². The summed E-state index contributed by atoms with van der Waals surface area (Å²) in [5.74, 6) is -0.254. The van der Waals surface area contributed by atoms with Crippen molar-refractivity contribution in [3.8, 4) is 0 Å². The summed E-state index contributed by atoms with van der Waals surface area (Å²) < 4.78 is 10.0. The topological polar surface area (TPSA) is 72.9 Å². The van der Waals surface area contributed by atoms with Crippen LogP contribution in [0, 0.1) is 0 Å². The van der Waals surface area contributed by atoms with Crippen molar-refractivity contribution in [1.82, 2.24) is 4.90 Å². The van der Waals surface area contributed by atoms with Crippen LogP contribution >= 0.6 is 0 Å². The normalized spacial score (nSPS) is 11.0. The van der Waals surface area contributed by atoms with Gasteiger partial charge in [-0.05, 0) is 12.5 Å². The molecule has 6 heteroatoms. The second kappa shape index (κ2) is 9.33. The van der Waals surface area contributed by atoms with Crippen LogP contribution in [0.1, 0.15) is 18.4 Å². The van der Waals surface area contributed by atoms with E-state index in [1.165, 1.54) is 11.8 Å². The van der Waals surface area contributed by atoms with Crippen LogP contribution in [0.2, 0.25) is 0 Å². The van der Waals surface area contributed by atoms with Gasteiger partial charge in [0, 0.05) is 19.7 Å². The molecule has 6 nitrogen and oxygen atoms in total. The Balaban J connectivity index is 2.81. The minimum Gasteiger partial charge on any atom is -0.461 e. The first-order valence-electron chi connectivity index (χ1n) is 7.35. The summed E-state index contributed by atoms with van der Waals surface area (Å²) in [5, 5.41) is 0. The molecule has 0 saturated heterocycles. The van der Waals surface area contributed by atoms with Gasteiger partial charge in [-0.25, -0.2) is 9.59 Å². The summed E-state index contributed by atoms with van der Waals surface area (Å²) in [6, 6.07) is 8.80. The maximum Gasteiger partial charge on any atom is 0.333 e. The highest BCUT2D eigenvalue weighted by Crippen LogP contribution is 2.25. The molecule has 0 aliphatic rings. The van der Waals surface area contributed by atoms with Crippen molar-refractivity contribution in [1.29, 1.82) is 0 Å². The van der Waals surface area contributed by atoms with Crippen molar-refractivity contribution in [3.05, 3.63) is 53.7 Å². The molecule has 0 spiro atoms. The standard InChI is InChI=1S/C18H21NO5/c1-13(2)17(21)23-10-11-24-18(22)16(15(12-20)19(3)4)14-8-6-5-7-9-14/h5-9,16H,1,10-11H2,2-4H3. The number of esters is 2. The van der Waals surface area contributed by atoms with Gasteiger partial charge in [0.1, 0.15) is 30.8 Å². The molecule has 24 heavy (non-hydrogen) atoms. The van der Waals surface area contributed by atoms with E-state index in [-0.39, 0.29) is 24.5 Å². The molecule has 0 aliphatic carbocycles. The van der Waals surface area contributed by atoms with Crippen molar-refractivity contribution in [3.63, 3.8) is 0 Å². The molecule has 0 bridgehead atoms. The van der Waals surface area contributed by atoms with E-state index in [1.807, 2.05) is 6.07 Å². The molecule has 1 aromatic carbocycles. The summed E-state index contributed by atoms with van der Waals surface area (Å²) in [7, 11) is 3.30. The van der Waals surface area contributed by atoms with Gasteiger partial charge in [0.25, 0.3) is 0 Å². The number of carbonyl (C=O) groups excluding carboxylic acids is 3. The Morgan fingerprint density at radius 1 is 1.17 bits per heavy atom. The number of carbonyl (C=O) groups is 2. The molecule has 0 aliphatic heterocycles. The monoisotopic (exact) mass is 331 g/mol. The number of hydrogen-bond donors (Lipinski definition) is 0. The fourth-order valence-corrected chi connectivity index (χ4v) is 1.94. The highest BCUT2D eigenvalue weighted by Gasteiger charge is 2.29. The van der Waals surface area contributed by atoms with Crippen LogP contribution in [0.15, 0.2) is 48.2 Å². The highest BCUT2D eigenvalue weighted by molar-refractivity contribution is 5.87.